The predicted molar refractivity (Wildman–Crippen MR) is 140 cm³/mol. The minimum absolute atomic E-state index is 0.164. The largest absolute Gasteiger partial charge is 0.449 e. The van der Waals surface area contributed by atoms with E-state index in [0.29, 0.717) is 20.5 Å². The Morgan fingerprint density at radius 3 is 2.49 bits per heavy atom. The molecule has 0 radical (unpaired) electrons. The first-order valence-corrected chi connectivity index (χ1v) is 12.3. The molecular formula is C23H15N3O6S3. The third kappa shape index (κ3) is 5.19. The molecule has 1 heterocycles. The fourth-order valence-electron chi connectivity index (χ4n) is 3.24. The molecule has 0 bridgehead atoms. The van der Waals surface area contributed by atoms with Gasteiger partial charge in [-0.15, -0.1) is 11.8 Å². The second-order valence-electron chi connectivity index (χ2n) is 7.02. The summed E-state index contributed by atoms with van der Waals surface area (Å²) in [7, 11) is 0. The lowest BCUT2D eigenvalue weighted by molar-refractivity contribution is -0.394. The van der Waals surface area contributed by atoms with Gasteiger partial charge in [0, 0.05) is 16.5 Å². The van der Waals surface area contributed by atoms with Gasteiger partial charge >= 0.3 is 5.69 Å². The van der Waals surface area contributed by atoms with Gasteiger partial charge in [-0.25, -0.2) is 0 Å². The number of rotatable bonds is 7. The molecule has 35 heavy (non-hydrogen) atoms. The van der Waals surface area contributed by atoms with Crippen molar-refractivity contribution in [3.05, 3.63) is 97.4 Å². The van der Waals surface area contributed by atoms with Crippen LogP contribution in [0.3, 0.4) is 0 Å². The summed E-state index contributed by atoms with van der Waals surface area (Å²) in [6.07, 6.45) is 3.54. The quantitative estimate of drug-likeness (QED) is 0.113. The summed E-state index contributed by atoms with van der Waals surface area (Å²) in [6, 6.07) is 17.3. The van der Waals surface area contributed by atoms with Crippen LogP contribution in [0.5, 0.6) is 11.5 Å². The van der Waals surface area contributed by atoms with Crippen molar-refractivity contribution in [3.63, 3.8) is 0 Å². The highest BCUT2D eigenvalue weighted by Gasteiger charge is 2.33. The third-order valence-electron chi connectivity index (χ3n) is 4.88. The molecular weight excluding hydrogens is 510 g/mol. The monoisotopic (exact) mass is 525 g/mol. The lowest BCUT2D eigenvalue weighted by Gasteiger charge is -2.15. The maximum absolute atomic E-state index is 13.2. The molecule has 1 fully saturated rings. The van der Waals surface area contributed by atoms with Crippen LogP contribution in [0.15, 0.2) is 76.5 Å². The zero-order chi connectivity index (χ0) is 25.1. The van der Waals surface area contributed by atoms with E-state index in [4.69, 9.17) is 17.0 Å². The molecule has 0 atom stereocenters. The average molecular weight is 526 g/mol. The highest BCUT2D eigenvalue weighted by molar-refractivity contribution is 8.27. The molecule has 0 saturated carbocycles. The first-order chi connectivity index (χ1) is 16.8. The van der Waals surface area contributed by atoms with E-state index in [1.54, 1.807) is 48.2 Å². The Labute approximate surface area is 213 Å². The summed E-state index contributed by atoms with van der Waals surface area (Å²) in [6.45, 7) is 0. The number of non-ortho nitro benzene ring substituents is 1. The Morgan fingerprint density at radius 1 is 1.00 bits per heavy atom. The summed E-state index contributed by atoms with van der Waals surface area (Å²) in [4.78, 5) is 37.0. The van der Waals surface area contributed by atoms with Crippen molar-refractivity contribution in [2.75, 3.05) is 11.2 Å². The second kappa shape index (κ2) is 10.3. The molecule has 1 amide bonds. The second-order valence-corrected chi connectivity index (χ2v) is 9.58. The van der Waals surface area contributed by atoms with E-state index >= 15 is 0 Å². The van der Waals surface area contributed by atoms with Crippen LogP contribution in [-0.2, 0) is 4.79 Å². The normalized spacial score (nSPS) is 14.4. The highest BCUT2D eigenvalue weighted by Crippen LogP contribution is 2.40. The molecule has 0 aromatic heterocycles. The van der Waals surface area contributed by atoms with Gasteiger partial charge in [0.25, 0.3) is 11.6 Å². The molecule has 0 N–H and O–H groups in total. The van der Waals surface area contributed by atoms with Crippen molar-refractivity contribution in [2.45, 2.75) is 4.90 Å². The minimum atomic E-state index is -0.751. The first-order valence-electron chi connectivity index (χ1n) is 9.90. The van der Waals surface area contributed by atoms with Crippen molar-refractivity contribution in [2.24, 2.45) is 0 Å². The number of nitro benzene ring substituents is 2. The Balaban J connectivity index is 1.67. The van der Waals surface area contributed by atoms with Gasteiger partial charge in [0.2, 0.25) is 5.75 Å². The highest BCUT2D eigenvalue weighted by atomic mass is 32.2. The van der Waals surface area contributed by atoms with Gasteiger partial charge in [-0.1, -0.05) is 48.2 Å². The van der Waals surface area contributed by atoms with Crippen LogP contribution in [0.1, 0.15) is 5.56 Å². The number of carbonyl (C=O) groups excluding carboxylic acids is 1. The number of thioether (sulfide) groups is 2. The number of nitro groups is 2. The maximum atomic E-state index is 13.2. The SMILES string of the molecule is CSc1cccc(N2C(=O)/C(=C\c3ccccc3Oc3ccc([N+](=O)[O-])cc3[N+](=O)[O-])SC2=S)c1. The van der Waals surface area contributed by atoms with E-state index in [2.05, 4.69) is 0 Å². The number of para-hydroxylation sites is 1. The summed E-state index contributed by atoms with van der Waals surface area (Å²) >= 11 is 8.14. The van der Waals surface area contributed by atoms with Crippen molar-refractivity contribution in [3.8, 4) is 11.5 Å². The summed E-state index contributed by atoms with van der Waals surface area (Å²) in [5, 5.41) is 22.5. The number of carbonyl (C=O) groups is 1. The minimum Gasteiger partial charge on any atom is -0.449 e. The molecule has 1 saturated heterocycles. The molecule has 4 rings (SSSR count). The number of hydrogen-bond acceptors (Lipinski definition) is 9. The predicted octanol–water partition coefficient (Wildman–Crippen LogP) is 6.42. The van der Waals surface area contributed by atoms with E-state index in [9.17, 15) is 25.0 Å². The van der Waals surface area contributed by atoms with Crippen LogP contribution in [0, 0.1) is 20.2 Å². The van der Waals surface area contributed by atoms with E-state index in [-0.39, 0.29) is 17.4 Å². The smallest absolute Gasteiger partial charge is 0.318 e. The fourth-order valence-corrected chi connectivity index (χ4v) is 4.98. The molecule has 12 heteroatoms. The summed E-state index contributed by atoms with van der Waals surface area (Å²) in [5.41, 5.74) is 0.174. The molecule has 0 spiro atoms. The van der Waals surface area contributed by atoms with Crippen molar-refractivity contribution >= 4 is 69.1 Å². The first kappa shape index (κ1) is 24.4. The Hall–Kier alpha value is -3.74. The molecule has 3 aromatic carbocycles. The molecule has 0 unspecified atom stereocenters. The Morgan fingerprint density at radius 2 is 1.77 bits per heavy atom. The lowest BCUT2D eigenvalue weighted by Crippen LogP contribution is -2.27. The summed E-state index contributed by atoms with van der Waals surface area (Å²) in [5.74, 6) is -0.226. The number of anilines is 1. The molecule has 176 valence electrons. The fraction of sp³-hybridized carbons (Fsp3) is 0.0435. The van der Waals surface area contributed by atoms with Gasteiger partial charge in [-0.2, -0.15) is 0 Å². The van der Waals surface area contributed by atoms with E-state index < -0.39 is 21.2 Å². The van der Waals surface area contributed by atoms with E-state index in [1.807, 2.05) is 24.5 Å². The van der Waals surface area contributed by atoms with Gasteiger partial charge in [0.1, 0.15) is 5.75 Å². The third-order valence-corrected chi connectivity index (χ3v) is 6.91. The van der Waals surface area contributed by atoms with Gasteiger partial charge in [0.15, 0.2) is 4.32 Å². The van der Waals surface area contributed by atoms with Crippen molar-refractivity contribution < 1.29 is 19.4 Å². The maximum Gasteiger partial charge on any atom is 0.318 e. The van der Waals surface area contributed by atoms with Crippen LogP contribution in [-0.4, -0.2) is 26.3 Å². The Kier molecular flexibility index (Phi) is 7.15. The van der Waals surface area contributed by atoms with Crippen LogP contribution >= 0.6 is 35.7 Å². The topological polar surface area (TPSA) is 116 Å². The number of thiocarbonyl (C=S) groups is 1. The molecule has 1 aliphatic rings. The number of hydrogen-bond donors (Lipinski definition) is 0. The number of benzene rings is 3. The van der Waals surface area contributed by atoms with Crippen LogP contribution in [0.4, 0.5) is 17.1 Å². The molecule has 0 aliphatic carbocycles. The standard InChI is InChI=1S/C23H15N3O6S3/c1-34-17-7-4-6-15(12-17)24-22(27)21(35-23(24)33)11-14-5-2-3-8-19(14)32-20-10-9-16(25(28)29)13-18(20)26(30)31/h2-13H,1H3/b21-11+. The van der Waals surface area contributed by atoms with E-state index in [0.717, 1.165) is 28.8 Å². The average Bonchev–Trinajstić information content (AvgIpc) is 3.12. The lowest BCUT2D eigenvalue weighted by atomic mass is 10.1. The van der Waals surface area contributed by atoms with Gasteiger partial charge in [0.05, 0.1) is 26.5 Å². The number of nitrogens with zero attached hydrogens (tertiary/aromatic N) is 3. The number of ether oxygens (including phenoxy) is 1. The van der Waals surface area contributed by atoms with Gasteiger partial charge in [-0.05, 0) is 42.7 Å². The summed E-state index contributed by atoms with van der Waals surface area (Å²) < 4.78 is 6.15. The van der Waals surface area contributed by atoms with Crippen molar-refractivity contribution in [1.29, 1.82) is 0 Å². The van der Waals surface area contributed by atoms with Gasteiger partial charge in [-0.3, -0.25) is 29.9 Å². The van der Waals surface area contributed by atoms with Crippen LogP contribution < -0.4 is 9.64 Å². The van der Waals surface area contributed by atoms with Crippen molar-refractivity contribution in [1.82, 2.24) is 0 Å². The zero-order valence-corrected chi connectivity index (χ0v) is 20.4. The van der Waals surface area contributed by atoms with Gasteiger partial charge < -0.3 is 4.74 Å². The molecule has 3 aromatic rings. The molecule has 1 aliphatic heterocycles. The number of amides is 1. The van der Waals surface area contributed by atoms with Crippen LogP contribution in [0.2, 0.25) is 0 Å². The van der Waals surface area contributed by atoms with Crippen LogP contribution in [0.25, 0.3) is 6.08 Å². The zero-order valence-electron chi connectivity index (χ0n) is 17.9. The van der Waals surface area contributed by atoms with E-state index in [1.165, 1.54) is 11.0 Å². The Bertz CT molecular complexity index is 1410. The molecule has 9 nitrogen and oxygen atoms in total.